The predicted octanol–water partition coefficient (Wildman–Crippen LogP) is 4.56. The van der Waals surface area contributed by atoms with Crippen LogP contribution in [0.1, 0.15) is 15.9 Å². The molecule has 142 valence electrons. The van der Waals surface area contributed by atoms with E-state index in [-0.39, 0.29) is 5.91 Å². The molecule has 0 unspecified atom stereocenters. The first-order valence-corrected chi connectivity index (χ1v) is 9.37. The summed E-state index contributed by atoms with van der Waals surface area (Å²) < 4.78 is 17.6. The Hall–Kier alpha value is -2.32. The number of nitrogens with zero attached hydrogens (tertiary/aromatic N) is 1. The van der Waals surface area contributed by atoms with Crippen molar-refractivity contribution in [3.8, 4) is 17.2 Å². The van der Waals surface area contributed by atoms with E-state index < -0.39 is 0 Å². The Morgan fingerprint density at radius 1 is 1.19 bits per heavy atom. The Bertz CT molecular complexity index is 869. The van der Waals surface area contributed by atoms with Crippen molar-refractivity contribution in [3.05, 3.63) is 63.1 Å². The van der Waals surface area contributed by atoms with E-state index in [9.17, 15) is 4.79 Å². The van der Waals surface area contributed by atoms with Crippen molar-refractivity contribution in [2.75, 3.05) is 20.8 Å². The van der Waals surface area contributed by atoms with E-state index in [0.717, 1.165) is 4.47 Å². The molecular weight excluding hydrogens is 480 g/mol. The molecule has 27 heavy (non-hydrogen) atoms. The number of benzene rings is 2. The number of methoxy groups -OCH3 is 2. The number of carbonyl (C=O) groups excluding carboxylic acids is 1. The third kappa shape index (κ3) is 5.58. The van der Waals surface area contributed by atoms with Gasteiger partial charge in [-0.25, -0.2) is 5.43 Å². The van der Waals surface area contributed by atoms with Crippen LogP contribution >= 0.6 is 31.9 Å². The van der Waals surface area contributed by atoms with Gasteiger partial charge < -0.3 is 14.2 Å². The number of hydrogen-bond donors (Lipinski definition) is 1. The van der Waals surface area contributed by atoms with Crippen LogP contribution in [0.2, 0.25) is 0 Å². The van der Waals surface area contributed by atoms with Gasteiger partial charge in [-0.2, -0.15) is 5.10 Å². The lowest BCUT2D eigenvalue weighted by atomic mass is 10.2. The summed E-state index contributed by atoms with van der Waals surface area (Å²) in [6, 6.07) is 8.70. The van der Waals surface area contributed by atoms with E-state index in [1.807, 2.05) is 0 Å². The number of halogens is 2. The summed E-state index contributed by atoms with van der Waals surface area (Å²) in [5.41, 5.74) is 3.57. The summed E-state index contributed by atoms with van der Waals surface area (Å²) in [5, 5.41) is 4.00. The maximum Gasteiger partial charge on any atom is 0.275 e. The van der Waals surface area contributed by atoms with Crippen LogP contribution in [0.15, 0.2) is 57.0 Å². The minimum absolute atomic E-state index is 0.354. The zero-order valence-corrected chi connectivity index (χ0v) is 18.0. The summed E-state index contributed by atoms with van der Waals surface area (Å²) in [5.74, 6) is 1.17. The van der Waals surface area contributed by atoms with Gasteiger partial charge in [0.05, 0.1) is 30.5 Å². The Balaban J connectivity index is 2.16. The van der Waals surface area contributed by atoms with E-state index in [4.69, 9.17) is 14.2 Å². The fourth-order valence-corrected chi connectivity index (χ4v) is 3.12. The van der Waals surface area contributed by atoms with E-state index in [1.54, 1.807) is 43.5 Å². The molecule has 0 heterocycles. The van der Waals surface area contributed by atoms with Gasteiger partial charge in [0.1, 0.15) is 12.4 Å². The van der Waals surface area contributed by atoms with Crippen LogP contribution < -0.4 is 19.6 Å². The number of ether oxygens (including phenoxy) is 3. The minimum Gasteiger partial charge on any atom is -0.496 e. The molecule has 0 atom stereocenters. The summed E-state index contributed by atoms with van der Waals surface area (Å²) >= 11 is 6.78. The normalized spacial score (nSPS) is 10.5. The average Bonchev–Trinajstić information content (AvgIpc) is 2.66. The number of carbonyl (C=O) groups is 1. The van der Waals surface area contributed by atoms with Gasteiger partial charge in [-0.15, -0.1) is 0 Å². The molecule has 0 fully saturated rings. The Morgan fingerprint density at radius 2 is 1.93 bits per heavy atom. The largest absolute Gasteiger partial charge is 0.496 e. The third-order valence-electron chi connectivity index (χ3n) is 3.38. The van der Waals surface area contributed by atoms with Gasteiger partial charge in [-0.1, -0.05) is 28.6 Å². The first-order valence-electron chi connectivity index (χ1n) is 7.78. The molecule has 2 aromatic carbocycles. The van der Waals surface area contributed by atoms with E-state index in [1.165, 1.54) is 13.3 Å². The van der Waals surface area contributed by atoms with Gasteiger partial charge in [-0.05, 0) is 51.8 Å². The fourth-order valence-electron chi connectivity index (χ4n) is 2.18. The highest BCUT2D eigenvalue weighted by atomic mass is 79.9. The van der Waals surface area contributed by atoms with Crippen molar-refractivity contribution < 1.29 is 19.0 Å². The quantitative estimate of drug-likeness (QED) is 0.330. The highest BCUT2D eigenvalue weighted by Crippen LogP contribution is 2.36. The predicted molar refractivity (Wildman–Crippen MR) is 112 cm³/mol. The molecule has 8 heteroatoms. The van der Waals surface area contributed by atoms with Gasteiger partial charge >= 0.3 is 0 Å². The minimum atomic E-state index is -0.388. The molecule has 0 radical (unpaired) electrons. The summed E-state index contributed by atoms with van der Waals surface area (Å²) in [6.45, 7) is 3.98. The number of hydrazone groups is 1. The summed E-state index contributed by atoms with van der Waals surface area (Å²) in [6.07, 6.45) is 3.15. The summed E-state index contributed by atoms with van der Waals surface area (Å²) in [4.78, 5) is 12.3. The molecular formula is C19H18Br2N2O4. The molecule has 1 amide bonds. The van der Waals surface area contributed by atoms with E-state index in [0.29, 0.717) is 39.5 Å². The molecule has 1 N–H and O–H groups in total. The van der Waals surface area contributed by atoms with Crippen LogP contribution in [0.5, 0.6) is 17.2 Å². The van der Waals surface area contributed by atoms with Crippen molar-refractivity contribution in [2.24, 2.45) is 5.10 Å². The molecule has 0 aliphatic carbocycles. The molecule has 0 bridgehead atoms. The molecule has 0 aromatic heterocycles. The second-order valence-electron chi connectivity index (χ2n) is 5.18. The maximum atomic E-state index is 12.3. The van der Waals surface area contributed by atoms with Crippen LogP contribution in [0.4, 0.5) is 0 Å². The lowest BCUT2D eigenvalue weighted by molar-refractivity contribution is 0.0952. The van der Waals surface area contributed by atoms with E-state index >= 15 is 0 Å². The topological polar surface area (TPSA) is 69.2 Å². The maximum absolute atomic E-state index is 12.3. The Kier molecular flexibility index (Phi) is 7.87. The second kappa shape index (κ2) is 10.1. The van der Waals surface area contributed by atoms with Gasteiger partial charge in [0.2, 0.25) is 0 Å². The smallest absolute Gasteiger partial charge is 0.275 e. The molecule has 2 rings (SSSR count). The van der Waals surface area contributed by atoms with Gasteiger partial charge in [-0.3, -0.25) is 4.79 Å². The molecule has 0 spiro atoms. The van der Waals surface area contributed by atoms with Gasteiger partial charge in [0, 0.05) is 4.47 Å². The number of rotatable bonds is 8. The number of nitrogens with one attached hydrogen (secondary N) is 1. The number of amides is 1. The monoisotopic (exact) mass is 496 g/mol. The zero-order chi connectivity index (χ0) is 19.8. The molecule has 0 saturated heterocycles. The van der Waals surface area contributed by atoms with Crippen LogP contribution in [-0.4, -0.2) is 32.9 Å². The summed E-state index contributed by atoms with van der Waals surface area (Å²) in [7, 11) is 3.05. The number of hydrogen-bond acceptors (Lipinski definition) is 5. The Labute approximate surface area is 174 Å². The average molecular weight is 498 g/mol. The van der Waals surface area contributed by atoms with E-state index in [2.05, 4.69) is 49.0 Å². The van der Waals surface area contributed by atoms with Crippen molar-refractivity contribution in [1.82, 2.24) is 5.43 Å². The second-order valence-corrected chi connectivity index (χ2v) is 6.95. The van der Waals surface area contributed by atoms with Gasteiger partial charge in [0.25, 0.3) is 5.91 Å². The molecule has 0 saturated carbocycles. The van der Waals surface area contributed by atoms with Crippen molar-refractivity contribution >= 4 is 44.0 Å². The molecule has 0 aliphatic heterocycles. The fraction of sp³-hybridized carbons (Fsp3) is 0.158. The SMILES string of the molecule is C=CCOc1c(Br)cc(/C=N\NC(=O)c2cc(Br)ccc2OC)cc1OC. The third-order valence-corrected chi connectivity index (χ3v) is 4.47. The first-order chi connectivity index (χ1) is 13.0. The van der Waals surface area contributed by atoms with Crippen molar-refractivity contribution in [1.29, 1.82) is 0 Å². The van der Waals surface area contributed by atoms with Crippen LogP contribution in [0.25, 0.3) is 0 Å². The first kappa shape index (κ1) is 21.0. The van der Waals surface area contributed by atoms with Crippen molar-refractivity contribution in [3.63, 3.8) is 0 Å². The molecule has 6 nitrogen and oxygen atoms in total. The Morgan fingerprint density at radius 3 is 2.59 bits per heavy atom. The van der Waals surface area contributed by atoms with Gasteiger partial charge in [0.15, 0.2) is 11.5 Å². The zero-order valence-electron chi connectivity index (χ0n) is 14.8. The lowest BCUT2D eigenvalue weighted by Gasteiger charge is -2.12. The van der Waals surface area contributed by atoms with Crippen molar-refractivity contribution in [2.45, 2.75) is 0 Å². The lowest BCUT2D eigenvalue weighted by Crippen LogP contribution is -2.18. The highest BCUT2D eigenvalue weighted by Gasteiger charge is 2.13. The van der Waals surface area contributed by atoms with Crippen LogP contribution in [0.3, 0.4) is 0 Å². The highest BCUT2D eigenvalue weighted by molar-refractivity contribution is 9.10. The standard InChI is InChI=1S/C19H18Br2N2O4/c1-4-7-27-18-15(21)8-12(9-17(18)26-3)11-22-23-19(24)14-10-13(20)5-6-16(14)25-2/h4-6,8-11H,1,7H2,2-3H3,(H,23,24)/b22-11-. The van der Waals surface area contributed by atoms with Crippen LogP contribution in [0, 0.1) is 0 Å². The molecule has 0 aliphatic rings. The van der Waals surface area contributed by atoms with Crippen LogP contribution in [-0.2, 0) is 0 Å². The molecule has 2 aromatic rings.